The number of benzene rings is 1. The third-order valence-electron chi connectivity index (χ3n) is 6.58. The van der Waals surface area contributed by atoms with Crippen LogP contribution in [0.2, 0.25) is 0 Å². The Balaban J connectivity index is 1.82. The summed E-state index contributed by atoms with van der Waals surface area (Å²) in [6.07, 6.45) is 7.51. The average Bonchev–Trinajstić information content (AvgIpc) is 2.66. The first-order valence-corrected chi connectivity index (χ1v) is 10.2. The first kappa shape index (κ1) is 19.1. The van der Waals surface area contributed by atoms with E-state index in [1.165, 1.54) is 25.7 Å². The maximum absolute atomic E-state index is 10.8. The summed E-state index contributed by atoms with van der Waals surface area (Å²) < 4.78 is 6.05. The molecule has 2 N–H and O–H groups in total. The lowest BCUT2D eigenvalue weighted by molar-refractivity contribution is 0.175. The van der Waals surface area contributed by atoms with Crippen LogP contribution in [0.5, 0.6) is 11.5 Å². The van der Waals surface area contributed by atoms with Crippen LogP contribution in [0.3, 0.4) is 0 Å². The van der Waals surface area contributed by atoms with Gasteiger partial charge in [-0.15, -0.1) is 0 Å². The molecule has 0 saturated heterocycles. The highest BCUT2D eigenvalue weighted by atomic mass is 16.5. The van der Waals surface area contributed by atoms with E-state index < -0.39 is 0 Å². The highest BCUT2D eigenvalue weighted by Crippen LogP contribution is 2.49. The minimum atomic E-state index is 0.199. The van der Waals surface area contributed by atoms with Gasteiger partial charge >= 0.3 is 0 Å². The van der Waals surface area contributed by atoms with Crippen molar-refractivity contribution >= 4 is 5.71 Å². The first-order chi connectivity index (χ1) is 12.5. The summed E-state index contributed by atoms with van der Waals surface area (Å²) in [5.41, 5.74) is 2.91. The molecule has 2 aliphatic rings. The molecule has 1 aromatic rings. The summed E-state index contributed by atoms with van der Waals surface area (Å²) in [6.45, 7) is 7.48. The van der Waals surface area contributed by atoms with Crippen LogP contribution in [-0.2, 0) is 0 Å². The molecule has 4 nitrogen and oxygen atoms in total. The normalized spacial score (nSPS) is 25.9. The summed E-state index contributed by atoms with van der Waals surface area (Å²) >= 11 is 0. The van der Waals surface area contributed by atoms with Gasteiger partial charge in [0.2, 0.25) is 0 Å². The van der Waals surface area contributed by atoms with Crippen molar-refractivity contribution in [2.75, 3.05) is 6.61 Å². The number of hydrogen-bond donors (Lipinski definition) is 2. The Morgan fingerprint density at radius 2 is 2.08 bits per heavy atom. The van der Waals surface area contributed by atoms with Crippen molar-refractivity contribution in [3.63, 3.8) is 0 Å². The predicted octanol–water partition coefficient (Wildman–Crippen LogP) is 5.82. The van der Waals surface area contributed by atoms with Gasteiger partial charge in [0.15, 0.2) is 0 Å². The Hall–Kier alpha value is -1.71. The van der Waals surface area contributed by atoms with Crippen LogP contribution in [-0.4, -0.2) is 22.6 Å². The number of oxime groups is 1. The second-order valence-electron chi connectivity index (χ2n) is 8.30. The number of nitrogens with zero attached hydrogens (tertiary/aromatic N) is 1. The van der Waals surface area contributed by atoms with Crippen LogP contribution in [0.15, 0.2) is 17.3 Å². The van der Waals surface area contributed by atoms with Crippen molar-refractivity contribution in [1.82, 2.24) is 0 Å². The molecule has 3 rings (SSSR count). The van der Waals surface area contributed by atoms with Crippen molar-refractivity contribution < 1.29 is 15.1 Å². The van der Waals surface area contributed by atoms with Crippen molar-refractivity contribution in [1.29, 1.82) is 0 Å². The van der Waals surface area contributed by atoms with E-state index in [2.05, 4.69) is 32.0 Å². The number of aromatic hydroxyl groups is 1. The van der Waals surface area contributed by atoms with Crippen LogP contribution in [0.4, 0.5) is 0 Å². The Bertz CT molecular complexity index is 655. The Kier molecular flexibility index (Phi) is 6.10. The van der Waals surface area contributed by atoms with Crippen molar-refractivity contribution in [2.24, 2.45) is 17.0 Å². The highest BCUT2D eigenvalue weighted by molar-refractivity contribution is 5.86. The lowest BCUT2D eigenvalue weighted by atomic mass is 9.72. The topological polar surface area (TPSA) is 62.0 Å². The van der Waals surface area contributed by atoms with Crippen LogP contribution < -0.4 is 4.74 Å². The van der Waals surface area contributed by atoms with E-state index in [1.807, 2.05) is 6.07 Å². The maximum Gasteiger partial charge on any atom is 0.126 e. The fourth-order valence-electron chi connectivity index (χ4n) is 4.58. The van der Waals surface area contributed by atoms with E-state index in [0.717, 1.165) is 35.4 Å². The third kappa shape index (κ3) is 3.84. The predicted molar refractivity (Wildman–Crippen MR) is 105 cm³/mol. The lowest BCUT2D eigenvalue weighted by Gasteiger charge is -2.38. The lowest BCUT2D eigenvalue weighted by Crippen LogP contribution is -2.32. The molecule has 1 heterocycles. The summed E-state index contributed by atoms with van der Waals surface area (Å²) in [6, 6.07) is 4.08. The highest BCUT2D eigenvalue weighted by Gasteiger charge is 2.37. The van der Waals surface area contributed by atoms with E-state index >= 15 is 0 Å². The van der Waals surface area contributed by atoms with Gasteiger partial charge in [-0.25, -0.2) is 0 Å². The van der Waals surface area contributed by atoms with Crippen molar-refractivity contribution in [3.8, 4) is 11.5 Å². The summed E-state index contributed by atoms with van der Waals surface area (Å²) in [5.74, 6) is 2.75. The van der Waals surface area contributed by atoms with Gasteiger partial charge < -0.3 is 15.1 Å². The molecule has 1 aliphatic carbocycles. The quantitative estimate of drug-likeness (QED) is 0.382. The molecular weight excluding hydrogens is 326 g/mol. The second-order valence-corrected chi connectivity index (χ2v) is 8.30. The first-order valence-electron chi connectivity index (χ1n) is 10.2. The zero-order chi connectivity index (χ0) is 18.7. The van der Waals surface area contributed by atoms with Gasteiger partial charge in [-0.1, -0.05) is 51.6 Å². The Labute approximate surface area is 157 Å². The van der Waals surface area contributed by atoms with Crippen LogP contribution in [0.1, 0.15) is 88.7 Å². The molecule has 0 aromatic heterocycles. The number of fused-ring (bicyclic) bond motifs is 3. The van der Waals surface area contributed by atoms with Crippen molar-refractivity contribution in [3.05, 3.63) is 23.3 Å². The summed E-state index contributed by atoms with van der Waals surface area (Å²) in [7, 11) is 0. The fourth-order valence-corrected chi connectivity index (χ4v) is 4.58. The molecule has 0 bridgehead atoms. The van der Waals surface area contributed by atoms with Gasteiger partial charge in [-0.3, -0.25) is 0 Å². The van der Waals surface area contributed by atoms with Crippen LogP contribution in [0, 0.1) is 11.8 Å². The number of hydrogen-bond acceptors (Lipinski definition) is 4. The van der Waals surface area contributed by atoms with Crippen LogP contribution in [0.25, 0.3) is 0 Å². The van der Waals surface area contributed by atoms with Gasteiger partial charge in [0.1, 0.15) is 11.5 Å². The Morgan fingerprint density at radius 3 is 2.81 bits per heavy atom. The van der Waals surface area contributed by atoms with E-state index in [-0.39, 0.29) is 5.92 Å². The SMILES string of the molecule is CCCCCC(C)C(C)c1cc(O)c2c(c1)OCC1CC/C(=N\O)CC21. The molecular formula is C22H33NO3. The number of ether oxygens (including phenoxy) is 1. The standard InChI is InChI=1S/C22H33NO3/c1-4-5-6-7-14(2)15(3)17-10-20(24)22-19-12-18(23-25)9-8-16(19)13-26-21(22)11-17/h10-11,14-16,19,24-25H,4-9,12-13H2,1-3H3/b23-18+. The van der Waals surface area contributed by atoms with Gasteiger partial charge in [-0.05, 0) is 48.8 Å². The van der Waals surface area contributed by atoms with Gasteiger partial charge in [-0.2, -0.15) is 0 Å². The van der Waals surface area contributed by atoms with Gasteiger partial charge in [0, 0.05) is 17.4 Å². The van der Waals surface area contributed by atoms with E-state index in [4.69, 9.17) is 9.94 Å². The molecule has 1 aliphatic heterocycles. The van der Waals surface area contributed by atoms with E-state index in [9.17, 15) is 5.11 Å². The minimum Gasteiger partial charge on any atom is -0.508 e. The molecule has 1 fully saturated rings. The molecule has 1 aromatic carbocycles. The summed E-state index contributed by atoms with van der Waals surface area (Å²) in [4.78, 5) is 0. The zero-order valence-electron chi connectivity index (χ0n) is 16.4. The molecule has 0 spiro atoms. The molecule has 4 unspecified atom stereocenters. The van der Waals surface area contributed by atoms with E-state index in [0.29, 0.717) is 36.5 Å². The molecule has 0 radical (unpaired) electrons. The molecule has 26 heavy (non-hydrogen) atoms. The largest absolute Gasteiger partial charge is 0.508 e. The molecule has 4 heteroatoms. The summed E-state index contributed by atoms with van der Waals surface area (Å²) in [5, 5.41) is 23.4. The molecule has 144 valence electrons. The molecule has 0 amide bonds. The Morgan fingerprint density at radius 1 is 1.27 bits per heavy atom. The number of rotatable bonds is 6. The number of phenolic OH excluding ortho intramolecular Hbond substituents is 1. The smallest absolute Gasteiger partial charge is 0.126 e. The molecule has 4 atom stereocenters. The second kappa shape index (κ2) is 8.32. The number of unbranched alkanes of at least 4 members (excludes halogenated alkanes) is 2. The third-order valence-corrected chi connectivity index (χ3v) is 6.58. The van der Waals surface area contributed by atoms with E-state index in [1.54, 1.807) is 0 Å². The van der Waals surface area contributed by atoms with Crippen molar-refractivity contribution in [2.45, 2.75) is 77.6 Å². The fraction of sp³-hybridized carbons (Fsp3) is 0.682. The minimum absolute atomic E-state index is 0.199. The molecule has 1 saturated carbocycles. The van der Waals surface area contributed by atoms with Gasteiger partial charge in [0.05, 0.1) is 12.3 Å². The van der Waals surface area contributed by atoms with Gasteiger partial charge in [0.25, 0.3) is 0 Å². The maximum atomic E-state index is 10.8. The number of phenols is 1. The monoisotopic (exact) mass is 359 g/mol. The average molecular weight is 360 g/mol. The van der Waals surface area contributed by atoms with Crippen LogP contribution >= 0.6 is 0 Å². The zero-order valence-corrected chi connectivity index (χ0v) is 16.4.